The predicted molar refractivity (Wildman–Crippen MR) is 107 cm³/mol. The maximum absolute atomic E-state index is 13.2. The molecule has 0 radical (unpaired) electrons. The molecule has 1 N–H and O–H groups in total. The first-order valence-corrected chi connectivity index (χ1v) is 10.3. The van der Waals surface area contributed by atoms with E-state index < -0.39 is 0 Å². The number of carbonyl (C=O) groups excluding carboxylic acids is 1. The summed E-state index contributed by atoms with van der Waals surface area (Å²) in [5.41, 5.74) is 5.69. The van der Waals surface area contributed by atoms with Crippen LogP contribution in [-0.2, 0) is 24.3 Å². The van der Waals surface area contributed by atoms with Gasteiger partial charge in [-0.05, 0) is 39.2 Å². The van der Waals surface area contributed by atoms with Crippen LogP contribution in [0, 0.1) is 26.7 Å². The van der Waals surface area contributed by atoms with Gasteiger partial charge in [0.05, 0.1) is 24.2 Å². The highest BCUT2D eigenvalue weighted by atomic mass is 16.2. The quantitative estimate of drug-likeness (QED) is 0.878. The van der Waals surface area contributed by atoms with Crippen LogP contribution in [0.2, 0.25) is 0 Å². The molecule has 0 aromatic carbocycles. The maximum Gasteiger partial charge on any atom is 0.227 e. The van der Waals surface area contributed by atoms with E-state index in [0.29, 0.717) is 6.54 Å². The lowest BCUT2D eigenvalue weighted by molar-refractivity contribution is -0.136. The number of nitrogens with zero attached hydrogens (tertiary/aromatic N) is 5. The maximum atomic E-state index is 13.2. The van der Waals surface area contributed by atoms with Crippen LogP contribution in [0.1, 0.15) is 59.8 Å². The van der Waals surface area contributed by atoms with E-state index in [-0.39, 0.29) is 17.9 Å². The number of likely N-dealkylation sites (tertiary alicyclic amines) is 1. The Kier molecular flexibility index (Phi) is 5.19. The van der Waals surface area contributed by atoms with Gasteiger partial charge in [0, 0.05) is 49.2 Å². The number of aryl methyl sites for hydroxylation is 1. The minimum absolute atomic E-state index is 0.00248. The Bertz CT molecular complexity index is 889. The van der Waals surface area contributed by atoms with E-state index in [1.165, 1.54) is 11.1 Å². The summed E-state index contributed by atoms with van der Waals surface area (Å²) in [7, 11) is 0. The van der Waals surface area contributed by atoms with E-state index in [2.05, 4.69) is 29.2 Å². The molecule has 1 fully saturated rings. The van der Waals surface area contributed by atoms with Crippen LogP contribution in [-0.4, -0.2) is 43.6 Å². The lowest BCUT2D eigenvalue weighted by Crippen LogP contribution is -2.37. The molecule has 4 heterocycles. The molecule has 2 atom stereocenters. The second-order valence-corrected chi connectivity index (χ2v) is 8.20. The molecule has 0 bridgehead atoms. The second-order valence-electron chi connectivity index (χ2n) is 8.20. The van der Waals surface area contributed by atoms with Crippen LogP contribution in [0.3, 0.4) is 0 Å². The topological polar surface area (TPSA) is 75.9 Å². The van der Waals surface area contributed by atoms with Crippen molar-refractivity contribution in [3.8, 4) is 0 Å². The molecule has 2 aliphatic heterocycles. The average Bonchev–Trinajstić information content (AvgIpc) is 3.28. The van der Waals surface area contributed by atoms with E-state index in [4.69, 9.17) is 4.98 Å². The zero-order valence-corrected chi connectivity index (χ0v) is 17.3. The normalized spacial score (nSPS) is 20.3. The number of hydrogen-bond acceptors (Lipinski definition) is 5. The van der Waals surface area contributed by atoms with Gasteiger partial charge >= 0.3 is 0 Å². The molecular weight excluding hydrogens is 352 g/mol. The summed E-state index contributed by atoms with van der Waals surface area (Å²) in [5, 5.41) is 7.95. The Labute approximate surface area is 166 Å². The third kappa shape index (κ3) is 3.43. The van der Waals surface area contributed by atoms with Crippen LogP contribution >= 0.6 is 0 Å². The number of aromatic nitrogens is 4. The zero-order valence-electron chi connectivity index (χ0n) is 17.3. The van der Waals surface area contributed by atoms with Crippen molar-refractivity contribution >= 4 is 5.91 Å². The summed E-state index contributed by atoms with van der Waals surface area (Å²) >= 11 is 0. The highest BCUT2D eigenvalue weighted by Crippen LogP contribution is 2.32. The molecule has 7 nitrogen and oxygen atoms in total. The van der Waals surface area contributed by atoms with Crippen molar-refractivity contribution in [3.05, 3.63) is 40.2 Å². The highest BCUT2D eigenvalue weighted by molar-refractivity contribution is 5.79. The van der Waals surface area contributed by atoms with Gasteiger partial charge in [0.1, 0.15) is 0 Å². The molecule has 2 aromatic heterocycles. The second kappa shape index (κ2) is 7.62. The van der Waals surface area contributed by atoms with Crippen LogP contribution in [0.4, 0.5) is 0 Å². The summed E-state index contributed by atoms with van der Waals surface area (Å²) in [5.74, 6) is 0.858. The summed E-state index contributed by atoms with van der Waals surface area (Å²) in [4.78, 5) is 24.7. The van der Waals surface area contributed by atoms with Crippen LogP contribution in [0.15, 0.2) is 6.20 Å². The number of amides is 1. The van der Waals surface area contributed by atoms with Gasteiger partial charge in [-0.3, -0.25) is 9.48 Å². The molecule has 2 aromatic rings. The number of carbonyl (C=O) groups is 1. The van der Waals surface area contributed by atoms with E-state index >= 15 is 0 Å². The van der Waals surface area contributed by atoms with E-state index in [9.17, 15) is 4.79 Å². The third-order valence-corrected chi connectivity index (χ3v) is 6.27. The average molecular weight is 383 g/mol. The Morgan fingerprint density at radius 2 is 2.18 bits per heavy atom. The van der Waals surface area contributed by atoms with Gasteiger partial charge in [-0.1, -0.05) is 6.92 Å². The van der Waals surface area contributed by atoms with Crippen molar-refractivity contribution in [1.82, 2.24) is 30.0 Å². The van der Waals surface area contributed by atoms with Gasteiger partial charge in [0.2, 0.25) is 5.91 Å². The third-order valence-electron chi connectivity index (χ3n) is 6.27. The minimum atomic E-state index is -0.125. The van der Waals surface area contributed by atoms with Crippen molar-refractivity contribution in [2.75, 3.05) is 13.1 Å². The lowest BCUT2D eigenvalue weighted by Gasteiger charge is -2.27. The Hall–Kier alpha value is -2.28. The first-order valence-electron chi connectivity index (χ1n) is 10.3. The van der Waals surface area contributed by atoms with Crippen LogP contribution in [0.25, 0.3) is 0 Å². The minimum Gasteiger partial charge on any atom is -0.332 e. The fraction of sp³-hybridized carbons (Fsp3) is 0.619. The zero-order chi connectivity index (χ0) is 19.8. The van der Waals surface area contributed by atoms with Gasteiger partial charge in [-0.2, -0.15) is 5.10 Å². The molecule has 150 valence electrons. The van der Waals surface area contributed by atoms with E-state index in [1.807, 2.05) is 29.6 Å². The number of nitrogens with one attached hydrogen (secondary N) is 1. The molecule has 28 heavy (non-hydrogen) atoms. The van der Waals surface area contributed by atoms with Gasteiger partial charge in [0.15, 0.2) is 5.82 Å². The van der Waals surface area contributed by atoms with Crippen LogP contribution in [0.5, 0.6) is 0 Å². The molecule has 0 aliphatic carbocycles. The predicted octanol–water partition coefficient (Wildman–Crippen LogP) is 2.24. The first kappa shape index (κ1) is 19.1. The molecule has 1 saturated heterocycles. The monoisotopic (exact) mass is 382 g/mol. The van der Waals surface area contributed by atoms with E-state index in [1.54, 1.807) is 0 Å². The molecule has 0 spiro atoms. The Morgan fingerprint density at radius 1 is 1.36 bits per heavy atom. The number of rotatable bonds is 4. The molecule has 4 rings (SSSR count). The van der Waals surface area contributed by atoms with Gasteiger partial charge in [-0.25, -0.2) is 9.97 Å². The SMILES string of the molecule is Cc1nn(CC(C)C(=O)N2CCCC2c2ncc3c(n2)CCNC3)c(C)c1C. The molecule has 2 unspecified atom stereocenters. The number of hydrogen-bond donors (Lipinski definition) is 1. The smallest absolute Gasteiger partial charge is 0.227 e. The van der Waals surface area contributed by atoms with Gasteiger partial charge in [-0.15, -0.1) is 0 Å². The number of fused-ring (bicyclic) bond motifs is 1. The molecule has 0 saturated carbocycles. The summed E-state index contributed by atoms with van der Waals surface area (Å²) in [6.45, 7) is 11.4. The van der Waals surface area contributed by atoms with Crippen molar-refractivity contribution in [3.63, 3.8) is 0 Å². The molecular formula is C21H30N6O. The van der Waals surface area contributed by atoms with Gasteiger partial charge < -0.3 is 10.2 Å². The highest BCUT2D eigenvalue weighted by Gasteiger charge is 2.34. The summed E-state index contributed by atoms with van der Waals surface area (Å²) < 4.78 is 1.97. The molecule has 7 heteroatoms. The lowest BCUT2D eigenvalue weighted by atomic mass is 10.1. The standard InChI is InChI=1S/C21H30N6O/c1-13(12-27-16(4)14(2)15(3)25-27)21(28)26-9-5-6-19(26)20-23-11-17-10-22-8-7-18(17)24-20/h11,13,19,22H,5-10,12H2,1-4H3. The summed E-state index contributed by atoms with van der Waals surface area (Å²) in [6.07, 6.45) is 4.81. The Balaban J connectivity index is 1.51. The molecule has 2 aliphatic rings. The van der Waals surface area contributed by atoms with Crippen LogP contribution < -0.4 is 5.32 Å². The van der Waals surface area contributed by atoms with Crippen molar-refractivity contribution in [1.29, 1.82) is 0 Å². The van der Waals surface area contributed by atoms with Gasteiger partial charge in [0.25, 0.3) is 0 Å². The fourth-order valence-corrected chi connectivity index (χ4v) is 4.30. The molecule has 1 amide bonds. The summed E-state index contributed by atoms with van der Waals surface area (Å²) in [6, 6.07) is -0.00248. The van der Waals surface area contributed by atoms with E-state index in [0.717, 1.165) is 61.8 Å². The van der Waals surface area contributed by atoms with Crippen molar-refractivity contribution < 1.29 is 4.79 Å². The van der Waals surface area contributed by atoms with Crippen molar-refractivity contribution in [2.24, 2.45) is 5.92 Å². The fourth-order valence-electron chi connectivity index (χ4n) is 4.30. The first-order chi connectivity index (χ1) is 13.5. The Morgan fingerprint density at radius 3 is 2.93 bits per heavy atom. The van der Waals surface area contributed by atoms with Crippen molar-refractivity contribution in [2.45, 2.75) is 66.1 Å². The largest absolute Gasteiger partial charge is 0.332 e.